The fourth-order valence-electron chi connectivity index (χ4n) is 2.72. The molecule has 4 heteroatoms. The summed E-state index contributed by atoms with van der Waals surface area (Å²) in [6.45, 7) is 0. The number of hydrogen-bond acceptors (Lipinski definition) is 3. The molecule has 2 N–H and O–H groups in total. The first-order chi connectivity index (χ1) is 11.3. The summed E-state index contributed by atoms with van der Waals surface area (Å²) in [5.41, 5.74) is 9.55. The zero-order valence-electron chi connectivity index (χ0n) is 12.8. The van der Waals surface area contributed by atoms with Crippen LogP contribution >= 0.6 is 0 Å². The quantitative estimate of drug-likeness (QED) is 0.449. The fourth-order valence-corrected chi connectivity index (χ4v) is 2.72. The predicted molar refractivity (Wildman–Crippen MR) is 94.5 cm³/mol. The molecule has 112 valence electrons. The Morgan fingerprint density at radius 2 is 1.48 bits per heavy atom. The molecule has 0 fully saturated rings. The van der Waals surface area contributed by atoms with E-state index in [0.717, 1.165) is 33.4 Å². The van der Waals surface area contributed by atoms with Crippen molar-refractivity contribution >= 4 is 33.4 Å². The summed E-state index contributed by atoms with van der Waals surface area (Å²) in [6.07, 6.45) is 0. The highest BCUT2D eigenvalue weighted by atomic mass is 15.4. The van der Waals surface area contributed by atoms with E-state index in [1.165, 1.54) is 0 Å². The van der Waals surface area contributed by atoms with Gasteiger partial charge in [0.15, 0.2) is 0 Å². The zero-order valence-corrected chi connectivity index (χ0v) is 12.8. The largest absolute Gasteiger partial charge is 0.388 e. The third-order valence-corrected chi connectivity index (χ3v) is 3.88. The number of benzene rings is 3. The molecule has 0 saturated heterocycles. The normalized spacial score (nSPS) is 10.8. The van der Waals surface area contributed by atoms with Gasteiger partial charge in [-0.15, -0.1) is 0 Å². The Bertz CT molecular complexity index is 980. The maximum atomic E-state index is 4.77. The molecule has 0 aliphatic rings. The molecule has 0 bridgehead atoms. The van der Waals surface area contributed by atoms with E-state index >= 15 is 0 Å². The topological polar surface area (TPSA) is 40.8 Å². The highest BCUT2D eigenvalue weighted by molar-refractivity contribution is 5.83. The fraction of sp³-hybridized carbons (Fsp3) is 0.0526. The van der Waals surface area contributed by atoms with Crippen molar-refractivity contribution in [1.29, 1.82) is 0 Å². The van der Waals surface area contributed by atoms with Gasteiger partial charge in [-0.2, -0.15) is 5.43 Å². The molecule has 0 saturated carbocycles. The lowest BCUT2D eigenvalue weighted by molar-refractivity contribution is -0.587. The van der Waals surface area contributed by atoms with Crippen LogP contribution in [0.5, 0.6) is 0 Å². The third-order valence-electron chi connectivity index (χ3n) is 3.88. The number of nitrogens with one attached hydrogen (secondary N) is 2. The third kappa shape index (κ3) is 2.44. The molecule has 0 atom stereocenters. The van der Waals surface area contributed by atoms with Crippen LogP contribution in [0.2, 0.25) is 0 Å². The van der Waals surface area contributed by atoms with E-state index in [9.17, 15) is 0 Å². The summed E-state index contributed by atoms with van der Waals surface area (Å²) in [6, 6.07) is 24.5. The van der Waals surface area contributed by atoms with Gasteiger partial charge in [0, 0.05) is 24.9 Å². The number of aromatic nitrogens is 2. The lowest BCUT2D eigenvalue weighted by Gasteiger charge is -2.07. The molecule has 3 aromatic carbocycles. The van der Waals surface area contributed by atoms with Gasteiger partial charge in [-0.1, -0.05) is 35.0 Å². The Balaban J connectivity index is 2.02. The summed E-state index contributed by atoms with van der Waals surface area (Å²) in [5.74, 6) is 0. The van der Waals surface area contributed by atoms with Gasteiger partial charge < -0.3 is 5.32 Å². The summed E-state index contributed by atoms with van der Waals surface area (Å²) in [4.78, 5) is 4.77. The monoisotopic (exact) mass is 301 g/mol. The standard InChI is InChI=1S/C19H16N4/c1-20-15-11-12-17-19(13-15)23(22-14-7-3-2-4-8-14)18-10-6-5-9-16(18)21-17/h2-13,22H,1H3/p+1. The van der Waals surface area contributed by atoms with E-state index in [1.807, 2.05) is 55.6 Å². The average Bonchev–Trinajstić information content (AvgIpc) is 2.62. The van der Waals surface area contributed by atoms with Crippen LogP contribution in [0.4, 0.5) is 11.4 Å². The van der Waals surface area contributed by atoms with Crippen LogP contribution in [-0.2, 0) is 0 Å². The van der Waals surface area contributed by atoms with Crippen LogP contribution < -0.4 is 15.4 Å². The van der Waals surface area contributed by atoms with Crippen LogP contribution in [0.3, 0.4) is 0 Å². The SMILES string of the molecule is CNc1ccc2nc3ccccc3[n+](Nc3ccccc3)c2c1. The molecule has 1 aromatic heterocycles. The maximum Gasteiger partial charge on any atom is 0.263 e. The zero-order chi connectivity index (χ0) is 15.6. The molecule has 0 aliphatic heterocycles. The second-order valence-electron chi connectivity index (χ2n) is 5.37. The lowest BCUT2D eigenvalue weighted by Crippen LogP contribution is -2.44. The molecule has 0 spiro atoms. The smallest absolute Gasteiger partial charge is 0.263 e. The molecule has 1 heterocycles. The first-order valence-corrected chi connectivity index (χ1v) is 7.59. The highest BCUT2D eigenvalue weighted by Crippen LogP contribution is 2.18. The number of anilines is 2. The van der Waals surface area contributed by atoms with Crippen LogP contribution in [0.25, 0.3) is 22.1 Å². The first-order valence-electron chi connectivity index (χ1n) is 7.59. The average molecular weight is 301 g/mol. The van der Waals surface area contributed by atoms with Gasteiger partial charge in [-0.25, -0.2) is 4.98 Å². The Labute approximate surface area is 134 Å². The van der Waals surface area contributed by atoms with Crippen LogP contribution in [0.1, 0.15) is 0 Å². The van der Waals surface area contributed by atoms with Crippen LogP contribution in [0, 0.1) is 0 Å². The van der Waals surface area contributed by atoms with Crippen molar-refractivity contribution in [2.75, 3.05) is 17.8 Å². The van der Waals surface area contributed by atoms with E-state index in [4.69, 9.17) is 4.98 Å². The Kier molecular flexibility index (Phi) is 3.27. The Morgan fingerprint density at radius 3 is 2.30 bits per heavy atom. The minimum absolute atomic E-state index is 0.950. The molecule has 0 radical (unpaired) electrons. The number of rotatable bonds is 3. The maximum absolute atomic E-state index is 4.77. The minimum atomic E-state index is 0.950. The predicted octanol–water partition coefficient (Wildman–Crippen LogP) is 3.59. The molecule has 4 rings (SSSR count). The number of para-hydroxylation sites is 3. The van der Waals surface area contributed by atoms with E-state index in [0.29, 0.717) is 0 Å². The summed E-state index contributed by atoms with van der Waals surface area (Å²) in [7, 11) is 1.92. The van der Waals surface area contributed by atoms with Crippen LogP contribution in [0.15, 0.2) is 72.8 Å². The van der Waals surface area contributed by atoms with Gasteiger partial charge in [0.2, 0.25) is 0 Å². The van der Waals surface area contributed by atoms with Gasteiger partial charge in [0.05, 0.1) is 5.69 Å². The van der Waals surface area contributed by atoms with E-state index in [-0.39, 0.29) is 0 Å². The van der Waals surface area contributed by atoms with Crippen molar-refractivity contribution in [1.82, 2.24) is 4.98 Å². The Morgan fingerprint density at radius 1 is 0.739 bits per heavy atom. The molecular weight excluding hydrogens is 284 g/mol. The van der Waals surface area contributed by atoms with Crippen molar-refractivity contribution in [2.45, 2.75) is 0 Å². The van der Waals surface area contributed by atoms with Gasteiger partial charge >= 0.3 is 0 Å². The number of hydrogen-bond donors (Lipinski definition) is 2. The minimum Gasteiger partial charge on any atom is -0.388 e. The summed E-state index contributed by atoms with van der Waals surface area (Å²) >= 11 is 0. The highest BCUT2D eigenvalue weighted by Gasteiger charge is 2.17. The van der Waals surface area contributed by atoms with Crippen molar-refractivity contribution < 1.29 is 4.68 Å². The molecule has 23 heavy (non-hydrogen) atoms. The van der Waals surface area contributed by atoms with Gasteiger partial charge in [0.25, 0.3) is 11.0 Å². The first kappa shape index (κ1) is 13.5. The van der Waals surface area contributed by atoms with Crippen molar-refractivity contribution in [3.8, 4) is 0 Å². The molecule has 4 aromatic rings. The Hall–Kier alpha value is -3.14. The van der Waals surface area contributed by atoms with Crippen molar-refractivity contribution in [3.63, 3.8) is 0 Å². The molecule has 4 nitrogen and oxygen atoms in total. The molecule has 0 aliphatic carbocycles. The van der Waals surface area contributed by atoms with E-state index < -0.39 is 0 Å². The summed E-state index contributed by atoms with van der Waals surface area (Å²) < 4.78 is 2.09. The van der Waals surface area contributed by atoms with Gasteiger partial charge in [0.1, 0.15) is 11.0 Å². The van der Waals surface area contributed by atoms with Crippen molar-refractivity contribution in [2.24, 2.45) is 0 Å². The van der Waals surface area contributed by atoms with E-state index in [2.05, 4.69) is 39.7 Å². The second-order valence-corrected chi connectivity index (χ2v) is 5.37. The van der Waals surface area contributed by atoms with Crippen molar-refractivity contribution in [3.05, 3.63) is 72.8 Å². The molecule has 0 unspecified atom stereocenters. The number of nitrogens with zero attached hydrogens (tertiary/aromatic N) is 2. The molecule has 0 amide bonds. The lowest BCUT2D eigenvalue weighted by atomic mass is 10.2. The number of fused-ring (bicyclic) bond motifs is 2. The van der Waals surface area contributed by atoms with E-state index in [1.54, 1.807) is 0 Å². The molecular formula is C19H17N4+. The van der Waals surface area contributed by atoms with Crippen LogP contribution in [-0.4, -0.2) is 12.0 Å². The summed E-state index contributed by atoms with van der Waals surface area (Å²) in [5, 5.41) is 3.19. The second kappa shape index (κ2) is 5.57. The van der Waals surface area contributed by atoms with Gasteiger partial charge in [-0.3, -0.25) is 0 Å². The van der Waals surface area contributed by atoms with Gasteiger partial charge in [-0.05, 0) is 30.3 Å².